The maximum absolute atomic E-state index is 13.6. The van der Waals surface area contributed by atoms with E-state index >= 15 is 0 Å². The largest absolute Gasteiger partial charge is 0.480 e. The number of carboxylic acids is 1. The molecule has 1 aromatic carbocycles. The predicted octanol–water partition coefficient (Wildman–Crippen LogP) is -5.43. The van der Waals surface area contributed by atoms with Crippen molar-refractivity contribution in [2.24, 2.45) is 23.3 Å². The van der Waals surface area contributed by atoms with Gasteiger partial charge < -0.3 is 69.3 Å². The van der Waals surface area contributed by atoms with E-state index in [1.807, 2.05) is 0 Å². The van der Waals surface area contributed by atoms with Crippen molar-refractivity contribution in [3.8, 4) is 0 Å². The first-order valence-corrected chi connectivity index (χ1v) is 20.9. The van der Waals surface area contributed by atoms with Crippen LogP contribution in [-0.2, 0) is 54.4 Å². The van der Waals surface area contributed by atoms with Gasteiger partial charge in [0.25, 0.3) is 0 Å². The molecule has 0 bridgehead atoms. The lowest BCUT2D eigenvalue weighted by molar-refractivity contribution is -0.144. The highest BCUT2D eigenvalue weighted by Crippen LogP contribution is 2.09. The van der Waals surface area contributed by atoms with Crippen LogP contribution in [0.3, 0.4) is 0 Å². The number of nitrogens with two attached hydrogens (primary N) is 2. The fourth-order valence-corrected chi connectivity index (χ4v) is 5.92. The molecule has 1 rings (SSSR count). The lowest BCUT2D eigenvalue weighted by Gasteiger charge is -2.28. The van der Waals surface area contributed by atoms with Crippen LogP contribution in [0.5, 0.6) is 0 Å². The van der Waals surface area contributed by atoms with Crippen LogP contribution in [-0.4, -0.2) is 154 Å². The number of hydrogen-bond donors (Lipinski definition) is 15. The Morgan fingerprint density at radius 1 is 0.603 bits per heavy atom. The van der Waals surface area contributed by atoms with E-state index in [2.05, 4.69) is 67.8 Å². The number of benzene rings is 1. The number of aliphatic carboxylic acids is 1. The highest BCUT2D eigenvalue weighted by atomic mass is 32.1. The van der Waals surface area contributed by atoms with Crippen molar-refractivity contribution >= 4 is 84.4 Å². The average molecular weight is 929 g/mol. The molecule has 0 spiro atoms. The Labute approximate surface area is 374 Å². The summed E-state index contributed by atoms with van der Waals surface area (Å²) in [4.78, 5) is 128. The van der Waals surface area contributed by atoms with E-state index in [1.165, 1.54) is 6.92 Å². The first kappa shape index (κ1) is 55.5. The summed E-state index contributed by atoms with van der Waals surface area (Å²) in [6, 6.07) is -3.20. The number of amides is 9. The first-order chi connectivity index (χ1) is 29.5. The lowest BCUT2D eigenvalue weighted by atomic mass is 10.0. The maximum Gasteiger partial charge on any atom is 0.326 e. The van der Waals surface area contributed by atoms with Crippen molar-refractivity contribution < 1.29 is 63.3 Å². The number of primary amides is 1. The molecule has 25 heteroatoms. The molecule has 0 aliphatic carbocycles. The van der Waals surface area contributed by atoms with Crippen molar-refractivity contribution in [1.29, 1.82) is 0 Å². The molecule has 0 saturated heterocycles. The third-order valence-electron chi connectivity index (χ3n) is 9.10. The van der Waals surface area contributed by atoms with Gasteiger partial charge >= 0.3 is 5.97 Å². The molecule has 0 saturated carbocycles. The van der Waals surface area contributed by atoms with E-state index < -0.39 is 145 Å². The fraction of sp³-hybridized carbons (Fsp3) is 0.579. The Hall–Kier alpha value is -5.50. The van der Waals surface area contributed by atoms with Gasteiger partial charge in [0.05, 0.1) is 31.7 Å². The third kappa shape index (κ3) is 19.2. The number of aliphatic hydroxyl groups is 2. The van der Waals surface area contributed by atoms with Gasteiger partial charge in [-0.05, 0) is 24.3 Å². The van der Waals surface area contributed by atoms with Gasteiger partial charge in [0, 0.05) is 17.9 Å². The molecule has 0 aromatic heterocycles. The maximum atomic E-state index is 13.6. The van der Waals surface area contributed by atoms with Crippen molar-refractivity contribution in [3.05, 3.63) is 35.9 Å². The van der Waals surface area contributed by atoms with Crippen LogP contribution < -0.4 is 54.0 Å². The molecular formula is C38H60N10O13S2. The van der Waals surface area contributed by atoms with Crippen LogP contribution in [0, 0.1) is 11.8 Å². The third-order valence-corrected chi connectivity index (χ3v) is 9.86. The van der Waals surface area contributed by atoms with Gasteiger partial charge in [0.2, 0.25) is 53.2 Å². The Morgan fingerprint density at radius 2 is 1.10 bits per heavy atom. The molecule has 63 heavy (non-hydrogen) atoms. The number of aliphatic hydroxyl groups excluding tert-OH is 2. The summed E-state index contributed by atoms with van der Waals surface area (Å²) in [5, 5.41) is 48.3. The fourth-order valence-electron chi connectivity index (χ4n) is 5.49. The smallest absolute Gasteiger partial charge is 0.326 e. The van der Waals surface area contributed by atoms with Gasteiger partial charge in [-0.1, -0.05) is 58.0 Å². The van der Waals surface area contributed by atoms with Crippen LogP contribution in [0.25, 0.3) is 0 Å². The molecule has 9 atom stereocenters. The molecule has 0 heterocycles. The highest BCUT2D eigenvalue weighted by Gasteiger charge is 2.35. The molecule has 15 N–H and O–H groups in total. The standard InChI is InChI=1S/C38H60N10O13S2/c1-17(2)28(46-31(53)21(39)15-62)36(58)44-23(12-26(40)51)32(54)41-13-27(52)42-24(14-49)34(56)45-25(16-63)35(57)43-22(11-20-9-7-6-8-10-20)33(55)48-30(19(5)50)37(59)47-29(18(3)4)38(60)61/h6-10,17-19,21-25,28-30,49-50,62-63H,11-16,39H2,1-5H3,(H2,40,51)(H,41,54)(H,42,52)(H,43,57)(H,44,58)(H,45,56)(H,46,53)(H,47,59)(H,48,55)(H,60,61)/t19-,21+,22+,23+,24+,25+,28+,29+,30+/m1/s1. The first-order valence-electron chi connectivity index (χ1n) is 19.7. The Bertz CT molecular complexity index is 1770. The van der Waals surface area contributed by atoms with Gasteiger partial charge in [0.15, 0.2) is 0 Å². The van der Waals surface area contributed by atoms with Gasteiger partial charge in [-0.2, -0.15) is 25.3 Å². The number of carbonyl (C=O) groups excluding carboxylic acids is 9. The molecule has 23 nitrogen and oxygen atoms in total. The number of nitrogens with one attached hydrogen (secondary N) is 8. The molecule has 0 fully saturated rings. The van der Waals surface area contributed by atoms with Gasteiger partial charge in [-0.15, -0.1) is 0 Å². The van der Waals surface area contributed by atoms with Gasteiger partial charge in [-0.25, -0.2) is 4.79 Å². The second-order valence-corrected chi connectivity index (χ2v) is 15.8. The number of carboxylic acid groups (broad SMARTS) is 1. The Morgan fingerprint density at radius 3 is 1.59 bits per heavy atom. The number of rotatable bonds is 27. The van der Waals surface area contributed by atoms with Crippen molar-refractivity contribution in [1.82, 2.24) is 42.5 Å². The summed E-state index contributed by atoms with van der Waals surface area (Å²) >= 11 is 8.07. The summed E-state index contributed by atoms with van der Waals surface area (Å²) in [6.07, 6.45) is -2.39. The van der Waals surface area contributed by atoms with Gasteiger partial charge in [0.1, 0.15) is 42.3 Å². The molecule has 0 aliphatic heterocycles. The summed E-state index contributed by atoms with van der Waals surface area (Å²) in [5.41, 5.74) is 11.5. The molecular weight excluding hydrogens is 869 g/mol. The van der Waals surface area contributed by atoms with E-state index in [-0.39, 0.29) is 17.9 Å². The van der Waals surface area contributed by atoms with E-state index in [0.29, 0.717) is 5.56 Å². The lowest BCUT2D eigenvalue weighted by Crippen LogP contribution is -2.62. The molecule has 0 aliphatic rings. The molecule has 352 valence electrons. The quantitative estimate of drug-likeness (QED) is 0.0367. The second kappa shape index (κ2) is 27.5. The summed E-state index contributed by atoms with van der Waals surface area (Å²) < 4.78 is 0. The zero-order valence-electron chi connectivity index (χ0n) is 35.5. The van der Waals surface area contributed by atoms with E-state index in [0.717, 1.165) is 0 Å². The Kier molecular flexibility index (Phi) is 24.3. The van der Waals surface area contributed by atoms with E-state index in [4.69, 9.17) is 11.5 Å². The zero-order valence-corrected chi connectivity index (χ0v) is 37.2. The van der Waals surface area contributed by atoms with E-state index in [9.17, 15) is 63.3 Å². The van der Waals surface area contributed by atoms with Crippen LogP contribution >= 0.6 is 25.3 Å². The van der Waals surface area contributed by atoms with Crippen LogP contribution in [0.4, 0.5) is 0 Å². The minimum Gasteiger partial charge on any atom is -0.480 e. The normalized spacial score (nSPS) is 15.4. The number of thiol groups is 2. The number of carbonyl (C=O) groups is 10. The SMILES string of the molecule is CC(C)[C@H](NC(=O)[C@@H](NC(=O)[C@H](Cc1ccccc1)NC(=O)[C@H](CS)NC(=O)[C@H](CO)NC(=O)CNC(=O)[C@H](CC(N)=O)NC(=O)[C@@H](NC(=O)[C@@H](N)CS)C(C)C)[C@@H](C)O)C(=O)O. The van der Waals surface area contributed by atoms with Crippen LogP contribution in [0.1, 0.15) is 46.6 Å². The average Bonchev–Trinajstić information content (AvgIpc) is 3.22. The zero-order chi connectivity index (χ0) is 48.1. The summed E-state index contributed by atoms with van der Waals surface area (Å²) in [5.74, 6) is -11.5. The minimum atomic E-state index is -1.71. The predicted molar refractivity (Wildman–Crippen MR) is 232 cm³/mol. The minimum absolute atomic E-state index is 0.0253. The topological polar surface area (TPSA) is 380 Å². The van der Waals surface area contributed by atoms with Crippen molar-refractivity contribution in [2.45, 2.75) is 102 Å². The van der Waals surface area contributed by atoms with Crippen molar-refractivity contribution in [2.75, 3.05) is 24.7 Å². The molecule has 0 radical (unpaired) electrons. The Balaban J connectivity index is 3.10. The summed E-state index contributed by atoms with van der Waals surface area (Å²) in [6.45, 7) is 5.62. The highest BCUT2D eigenvalue weighted by molar-refractivity contribution is 7.80. The van der Waals surface area contributed by atoms with Crippen LogP contribution in [0.2, 0.25) is 0 Å². The molecule has 1 aromatic rings. The monoisotopic (exact) mass is 928 g/mol. The molecule has 9 amide bonds. The van der Waals surface area contributed by atoms with E-state index in [1.54, 1.807) is 58.0 Å². The van der Waals surface area contributed by atoms with Crippen LogP contribution in [0.15, 0.2) is 30.3 Å². The number of hydrogen-bond acceptors (Lipinski definition) is 15. The van der Waals surface area contributed by atoms with Crippen molar-refractivity contribution in [3.63, 3.8) is 0 Å². The van der Waals surface area contributed by atoms with Gasteiger partial charge in [-0.3, -0.25) is 43.2 Å². The summed E-state index contributed by atoms with van der Waals surface area (Å²) in [7, 11) is 0. The second-order valence-electron chi connectivity index (χ2n) is 15.1. The molecule has 0 unspecified atom stereocenters.